The molecule has 0 aliphatic rings. The van der Waals surface area contributed by atoms with Crippen LogP contribution in [0.3, 0.4) is 0 Å². The predicted octanol–water partition coefficient (Wildman–Crippen LogP) is 3.02. The third-order valence-corrected chi connectivity index (χ3v) is 4.21. The van der Waals surface area contributed by atoms with Crippen LogP contribution in [0.2, 0.25) is 0 Å². The number of hydrogen-bond donors (Lipinski definition) is 2. The molecule has 0 saturated carbocycles. The Morgan fingerprint density at radius 2 is 1.53 bits per heavy atom. The molecule has 0 atom stereocenters. The summed E-state index contributed by atoms with van der Waals surface area (Å²) < 4.78 is 1.36. The van der Waals surface area contributed by atoms with Crippen molar-refractivity contribution in [2.24, 2.45) is 0 Å². The third-order valence-electron chi connectivity index (χ3n) is 4.21. The van der Waals surface area contributed by atoms with E-state index in [1.165, 1.54) is 42.0 Å². The molecule has 152 valence electrons. The molecule has 0 aliphatic heterocycles. The zero-order valence-electron chi connectivity index (χ0n) is 16.0. The molecule has 30 heavy (non-hydrogen) atoms. The van der Waals surface area contributed by atoms with Gasteiger partial charge in [-0.25, -0.2) is 0 Å². The van der Waals surface area contributed by atoms with Gasteiger partial charge < -0.3 is 15.2 Å². The minimum atomic E-state index is -0.496. The highest BCUT2D eigenvalue weighted by molar-refractivity contribution is 6.04. The Hall–Kier alpha value is -4.27. The second kappa shape index (κ2) is 8.82. The number of aromatic nitrogens is 1. The predicted molar refractivity (Wildman–Crippen MR) is 112 cm³/mol. The van der Waals surface area contributed by atoms with Gasteiger partial charge in [0.2, 0.25) is 5.91 Å². The SMILES string of the molecule is CC(=O)Nc1ccc(NC(=O)c2ccc(=O)n(Cc3ccc([N+](=O)[O-])cc3)c2)cc1. The number of amides is 2. The summed E-state index contributed by atoms with van der Waals surface area (Å²) in [4.78, 5) is 46.0. The lowest BCUT2D eigenvalue weighted by atomic mass is 10.2. The van der Waals surface area contributed by atoms with Crippen LogP contribution in [0.5, 0.6) is 0 Å². The second-order valence-corrected chi connectivity index (χ2v) is 6.52. The maximum atomic E-state index is 12.5. The highest BCUT2D eigenvalue weighted by Gasteiger charge is 2.10. The summed E-state index contributed by atoms with van der Waals surface area (Å²) in [7, 11) is 0. The van der Waals surface area contributed by atoms with Crippen LogP contribution in [-0.2, 0) is 11.3 Å². The van der Waals surface area contributed by atoms with E-state index >= 15 is 0 Å². The molecular formula is C21H18N4O5. The van der Waals surface area contributed by atoms with Crippen molar-refractivity contribution in [2.45, 2.75) is 13.5 Å². The van der Waals surface area contributed by atoms with Crippen LogP contribution in [0.1, 0.15) is 22.8 Å². The molecule has 9 heteroatoms. The van der Waals surface area contributed by atoms with Gasteiger partial charge in [0.25, 0.3) is 17.2 Å². The number of hydrogen-bond acceptors (Lipinski definition) is 5. The van der Waals surface area contributed by atoms with Gasteiger partial charge in [0.15, 0.2) is 0 Å². The molecule has 9 nitrogen and oxygen atoms in total. The molecular weight excluding hydrogens is 388 g/mol. The number of carbonyl (C=O) groups is 2. The molecule has 3 rings (SSSR count). The van der Waals surface area contributed by atoms with Crippen LogP contribution < -0.4 is 16.2 Å². The van der Waals surface area contributed by atoms with Crippen molar-refractivity contribution in [3.63, 3.8) is 0 Å². The average Bonchev–Trinajstić information content (AvgIpc) is 2.71. The number of non-ortho nitro benzene ring substituents is 1. The Labute approximate surface area is 171 Å². The average molecular weight is 406 g/mol. The highest BCUT2D eigenvalue weighted by Crippen LogP contribution is 2.15. The van der Waals surface area contributed by atoms with Crippen molar-refractivity contribution in [3.8, 4) is 0 Å². The van der Waals surface area contributed by atoms with Crippen molar-refractivity contribution < 1.29 is 14.5 Å². The van der Waals surface area contributed by atoms with Crippen LogP contribution in [0.25, 0.3) is 0 Å². The number of carbonyl (C=O) groups excluding carboxylic acids is 2. The van der Waals surface area contributed by atoms with E-state index in [1.54, 1.807) is 36.4 Å². The van der Waals surface area contributed by atoms with Gasteiger partial charge in [0, 0.05) is 42.7 Å². The number of nitro groups is 1. The lowest BCUT2D eigenvalue weighted by Crippen LogP contribution is -2.22. The van der Waals surface area contributed by atoms with E-state index < -0.39 is 10.8 Å². The van der Waals surface area contributed by atoms with Crippen LogP contribution in [0.4, 0.5) is 17.1 Å². The van der Waals surface area contributed by atoms with Crippen LogP contribution >= 0.6 is 0 Å². The number of rotatable bonds is 6. The monoisotopic (exact) mass is 406 g/mol. The molecule has 3 aromatic rings. The first-order chi connectivity index (χ1) is 14.3. The lowest BCUT2D eigenvalue weighted by Gasteiger charge is -2.10. The number of nitrogens with one attached hydrogen (secondary N) is 2. The van der Waals surface area contributed by atoms with Crippen molar-refractivity contribution >= 4 is 28.9 Å². The summed E-state index contributed by atoms with van der Waals surface area (Å²) in [5.74, 6) is -0.596. The Morgan fingerprint density at radius 1 is 0.933 bits per heavy atom. The first-order valence-corrected chi connectivity index (χ1v) is 8.94. The first-order valence-electron chi connectivity index (χ1n) is 8.94. The molecule has 0 unspecified atom stereocenters. The molecule has 0 radical (unpaired) electrons. The summed E-state index contributed by atoms with van der Waals surface area (Å²) in [5.41, 5.74) is 1.77. The topological polar surface area (TPSA) is 123 Å². The zero-order valence-corrected chi connectivity index (χ0v) is 16.0. The molecule has 0 aliphatic carbocycles. The van der Waals surface area contributed by atoms with Crippen LogP contribution in [0, 0.1) is 10.1 Å². The molecule has 2 amide bonds. The number of nitro benzene ring substituents is 1. The maximum absolute atomic E-state index is 12.5. The molecule has 0 fully saturated rings. The Balaban J connectivity index is 1.73. The number of benzene rings is 2. The first kappa shape index (κ1) is 20.5. The Kier molecular flexibility index (Phi) is 6.02. The van der Waals surface area contributed by atoms with Gasteiger partial charge >= 0.3 is 0 Å². The van der Waals surface area contributed by atoms with Gasteiger partial charge in [0.05, 0.1) is 17.0 Å². The fourth-order valence-electron chi connectivity index (χ4n) is 2.75. The summed E-state index contributed by atoms with van der Waals surface area (Å²) in [6.45, 7) is 1.57. The van der Waals surface area contributed by atoms with E-state index in [0.29, 0.717) is 16.9 Å². The van der Waals surface area contributed by atoms with Gasteiger partial charge in [-0.15, -0.1) is 0 Å². The van der Waals surface area contributed by atoms with Gasteiger partial charge in [-0.3, -0.25) is 24.5 Å². The maximum Gasteiger partial charge on any atom is 0.269 e. The second-order valence-electron chi connectivity index (χ2n) is 6.52. The van der Waals surface area contributed by atoms with Gasteiger partial charge in [-0.05, 0) is 35.9 Å². The quantitative estimate of drug-likeness (QED) is 0.481. The number of pyridine rings is 1. The normalized spacial score (nSPS) is 10.3. The zero-order chi connectivity index (χ0) is 21.7. The van der Waals surface area contributed by atoms with E-state index in [4.69, 9.17) is 0 Å². The summed E-state index contributed by atoms with van der Waals surface area (Å²) >= 11 is 0. The summed E-state index contributed by atoms with van der Waals surface area (Å²) in [5, 5.41) is 16.1. The van der Waals surface area contributed by atoms with E-state index in [2.05, 4.69) is 10.6 Å². The highest BCUT2D eigenvalue weighted by atomic mass is 16.6. The van der Waals surface area contributed by atoms with E-state index in [1.807, 2.05) is 0 Å². The van der Waals surface area contributed by atoms with Crippen LogP contribution in [-0.4, -0.2) is 21.3 Å². The standard InChI is InChI=1S/C21H18N4O5/c1-14(26)22-17-5-7-18(8-6-17)23-21(28)16-4-11-20(27)24(13-16)12-15-2-9-19(10-3-15)25(29)30/h2-11,13H,12H2,1H3,(H,22,26)(H,23,28). The number of nitrogens with zero attached hydrogens (tertiary/aromatic N) is 2. The van der Waals surface area contributed by atoms with Crippen molar-refractivity contribution in [1.82, 2.24) is 4.57 Å². The van der Waals surface area contributed by atoms with Gasteiger partial charge in [0.1, 0.15) is 0 Å². The van der Waals surface area contributed by atoms with Gasteiger partial charge in [-0.1, -0.05) is 12.1 Å². The minimum Gasteiger partial charge on any atom is -0.326 e. The molecule has 0 spiro atoms. The largest absolute Gasteiger partial charge is 0.326 e. The Bertz CT molecular complexity index is 1150. The fraction of sp³-hybridized carbons (Fsp3) is 0.0952. The molecule has 2 aromatic carbocycles. The van der Waals surface area contributed by atoms with Crippen molar-refractivity contribution in [2.75, 3.05) is 10.6 Å². The smallest absolute Gasteiger partial charge is 0.269 e. The molecule has 2 N–H and O–H groups in total. The minimum absolute atomic E-state index is 0.0382. The summed E-state index contributed by atoms with van der Waals surface area (Å²) in [6.07, 6.45) is 1.44. The van der Waals surface area contributed by atoms with E-state index in [9.17, 15) is 24.5 Å². The molecule has 0 bridgehead atoms. The molecule has 0 saturated heterocycles. The van der Waals surface area contributed by atoms with Crippen molar-refractivity contribution in [1.29, 1.82) is 0 Å². The van der Waals surface area contributed by atoms with Crippen LogP contribution in [0.15, 0.2) is 71.7 Å². The Morgan fingerprint density at radius 3 is 2.10 bits per heavy atom. The number of anilines is 2. The van der Waals surface area contributed by atoms with Gasteiger partial charge in [-0.2, -0.15) is 0 Å². The van der Waals surface area contributed by atoms with E-state index in [-0.39, 0.29) is 29.3 Å². The third kappa shape index (κ3) is 5.16. The fourth-order valence-corrected chi connectivity index (χ4v) is 2.75. The summed E-state index contributed by atoms with van der Waals surface area (Å²) in [6, 6.07) is 15.2. The lowest BCUT2D eigenvalue weighted by molar-refractivity contribution is -0.384. The molecule has 1 heterocycles. The molecule has 1 aromatic heterocycles. The van der Waals surface area contributed by atoms with Crippen molar-refractivity contribution in [3.05, 3.63) is 98.5 Å². The van der Waals surface area contributed by atoms with E-state index in [0.717, 1.165) is 0 Å².